The molecule has 3 aromatic carbocycles. The fraction of sp³-hybridized carbons (Fsp3) is 0.100. The monoisotopic (exact) mass is 452 g/mol. The standard InChI is InChI=1S/C20H15BrF2O3S/c21-16-2-1-3-19(12-16)27(25,26)13-20(24,14-4-8-17(22)9-5-14)15-6-10-18(23)11-7-15/h1-12,24H,13H2. The van der Waals surface area contributed by atoms with E-state index < -0.39 is 32.8 Å². The van der Waals surface area contributed by atoms with Crippen LogP contribution in [-0.4, -0.2) is 19.3 Å². The molecule has 3 aromatic rings. The topological polar surface area (TPSA) is 54.4 Å². The van der Waals surface area contributed by atoms with Gasteiger partial charge in [-0.25, -0.2) is 17.2 Å². The van der Waals surface area contributed by atoms with Crippen molar-refractivity contribution in [3.63, 3.8) is 0 Å². The third-order valence-electron chi connectivity index (χ3n) is 4.20. The molecule has 27 heavy (non-hydrogen) atoms. The van der Waals surface area contributed by atoms with Crippen molar-refractivity contribution in [2.24, 2.45) is 0 Å². The van der Waals surface area contributed by atoms with Crippen LogP contribution >= 0.6 is 15.9 Å². The molecule has 0 heterocycles. The molecule has 0 unspecified atom stereocenters. The van der Waals surface area contributed by atoms with E-state index in [0.29, 0.717) is 4.47 Å². The molecule has 3 rings (SSSR count). The van der Waals surface area contributed by atoms with Crippen molar-refractivity contribution in [3.05, 3.63) is 100 Å². The van der Waals surface area contributed by atoms with E-state index in [-0.39, 0.29) is 16.0 Å². The lowest BCUT2D eigenvalue weighted by molar-refractivity contribution is 0.105. The van der Waals surface area contributed by atoms with Gasteiger partial charge in [-0.1, -0.05) is 46.3 Å². The van der Waals surface area contributed by atoms with E-state index in [4.69, 9.17) is 0 Å². The molecule has 0 aliphatic heterocycles. The van der Waals surface area contributed by atoms with E-state index in [2.05, 4.69) is 15.9 Å². The minimum Gasteiger partial charge on any atom is -0.379 e. The van der Waals surface area contributed by atoms with Crippen molar-refractivity contribution < 1.29 is 22.3 Å². The summed E-state index contributed by atoms with van der Waals surface area (Å²) in [6.07, 6.45) is 0. The molecule has 0 spiro atoms. The molecule has 0 bridgehead atoms. The highest BCUT2D eigenvalue weighted by Crippen LogP contribution is 2.33. The summed E-state index contributed by atoms with van der Waals surface area (Å²) in [5.41, 5.74) is -1.61. The van der Waals surface area contributed by atoms with Crippen LogP contribution in [0.5, 0.6) is 0 Å². The second kappa shape index (κ2) is 7.50. The van der Waals surface area contributed by atoms with Crippen LogP contribution in [0.2, 0.25) is 0 Å². The third kappa shape index (κ3) is 4.26. The first kappa shape index (κ1) is 19.7. The van der Waals surface area contributed by atoms with Gasteiger partial charge < -0.3 is 5.11 Å². The van der Waals surface area contributed by atoms with Gasteiger partial charge in [0.2, 0.25) is 0 Å². The number of hydrogen-bond donors (Lipinski definition) is 1. The molecular weight excluding hydrogens is 438 g/mol. The summed E-state index contributed by atoms with van der Waals surface area (Å²) in [7, 11) is -3.92. The van der Waals surface area contributed by atoms with Crippen LogP contribution < -0.4 is 0 Å². The third-order valence-corrected chi connectivity index (χ3v) is 6.46. The summed E-state index contributed by atoms with van der Waals surface area (Å²) in [5, 5.41) is 11.4. The number of aliphatic hydroxyl groups is 1. The first-order valence-electron chi connectivity index (χ1n) is 7.93. The molecule has 0 atom stereocenters. The molecular formula is C20H15BrF2O3S. The van der Waals surface area contributed by atoms with Gasteiger partial charge in [-0.3, -0.25) is 0 Å². The SMILES string of the molecule is O=S(=O)(CC(O)(c1ccc(F)cc1)c1ccc(F)cc1)c1cccc(Br)c1. The highest BCUT2D eigenvalue weighted by atomic mass is 79.9. The average molecular weight is 453 g/mol. The summed E-state index contributed by atoms with van der Waals surface area (Å²) in [4.78, 5) is 0.0273. The quantitative estimate of drug-likeness (QED) is 0.622. The Morgan fingerprint density at radius 1 is 0.852 bits per heavy atom. The molecule has 0 aliphatic carbocycles. The van der Waals surface area contributed by atoms with E-state index in [9.17, 15) is 22.3 Å². The first-order valence-corrected chi connectivity index (χ1v) is 10.4. The Morgan fingerprint density at radius 3 is 1.78 bits per heavy atom. The Kier molecular flexibility index (Phi) is 5.46. The zero-order valence-electron chi connectivity index (χ0n) is 13.9. The Balaban J connectivity index is 2.12. The predicted octanol–water partition coefficient (Wildman–Crippen LogP) is 4.44. The fourth-order valence-corrected chi connectivity index (χ4v) is 5.00. The molecule has 0 fully saturated rings. The number of halogens is 3. The zero-order valence-corrected chi connectivity index (χ0v) is 16.3. The predicted molar refractivity (Wildman–Crippen MR) is 102 cm³/mol. The van der Waals surface area contributed by atoms with Gasteiger partial charge >= 0.3 is 0 Å². The summed E-state index contributed by atoms with van der Waals surface area (Å²) < 4.78 is 53.1. The van der Waals surface area contributed by atoms with E-state index in [1.165, 1.54) is 36.4 Å². The minimum atomic E-state index is -3.92. The number of sulfone groups is 1. The van der Waals surface area contributed by atoms with Crippen LogP contribution in [0.3, 0.4) is 0 Å². The molecule has 0 aliphatic rings. The molecule has 0 amide bonds. The summed E-state index contributed by atoms with van der Waals surface area (Å²) >= 11 is 3.23. The minimum absolute atomic E-state index is 0.0273. The van der Waals surface area contributed by atoms with Crippen molar-refractivity contribution in [2.75, 3.05) is 5.75 Å². The van der Waals surface area contributed by atoms with Gasteiger partial charge in [0.05, 0.1) is 10.6 Å². The van der Waals surface area contributed by atoms with Gasteiger partial charge in [-0.15, -0.1) is 0 Å². The second-order valence-corrected chi connectivity index (χ2v) is 9.00. The molecule has 0 saturated carbocycles. The van der Waals surface area contributed by atoms with Gasteiger partial charge in [0.15, 0.2) is 9.84 Å². The molecule has 7 heteroatoms. The number of benzene rings is 3. The van der Waals surface area contributed by atoms with Crippen LogP contribution in [0, 0.1) is 11.6 Å². The molecule has 3 nitrogen and oxygen atoms in total. The number of hydrogen-bond acceptors (Lipinski definition) is 3. The summed E-state index contributed by atoms with van der Waals surface area (Å²) in [6.45, 7) is 0. The van der Waals surface area contributed by atoms with Gasteiger partial charge in [0, 0.05) is 4.47 Å². The molecule has 0 radical (unpaired) electrons. The van der Waals surface area contributed by atoms with E-state index in [1.807, 2.05) is 0 Å². The van der Waals surface area contributed by atoms with E-state index in [0.717, 1.165) is 24.3 Å². The summed E-state index contributed by atoms with van der Waals surface area (Å²) in [5.74, 6) is -1.72. The van der Waals surface area contributed by atoms with Gasteiger partial charge in [0.1, 0.15) is 17.2 Å². The van der Waals surface area contributed by atoms with Gasteiger partial charge in [-0.05, 0) is 53.6 Å². The van der Waals surface area contributed by atoms with Crippen molar-refractivity contribution in [2.45, 2.75) is 10.5 Å². The normalized spacial score (nSPS) is 12.1. The van der Waals surface area contributed by atoms with Crippen molar-refractivity contribution >= 4 is 25.8 Å². The van der Waals surface area contributed by atoms with E-state index in [1.54, 1.807) is 12.1 Å². The van der Waals surface area contributed by atoms with Crippen molar-refractivity contribution in [3.8, 4) is 0 Å². The Morgan fingerprint density at radius 2 is 1.33 bits per heavy atom. The largest absolute Gasteiger partial charge is 0.379 e. The van der Waals surface area contributed by atoms with Crippen LogP contribution in [0.1, 0.15) is 11.1 Å². The highest BCUT2D eigenvalue weighted by Gasteiger charge is 2.37. The Hall–Kier alpha value is -2.09. The van der Waals surface area contributed by atoms with Crippen molar-refractivity contribution in [1.29, 1.82) is 0 Å². The average Bonchev–Trinajstić information content (AvgIpc) is 2.62. The van der Waals surface area contributed by atoms with Gasteiger partial charge in [-0.2, -0.15) is 0 Å². The highest BCUT2D eigenvalue weighted by molar-refractivity contribution is 9.10. The van der Waals surface area contributed by atoms with Crippen LogP contribution in [0.25, 0.3) is 0 Å². The lowest BCUT2D eigenvalue weighted by Crippen LogP contribution is -2.36. The maximum absolute atomic E-state index is 13.3. The van der Waals surface area contributed by atoms with Gasteiger partial charge in [0.25, 0.3) is 0 Å². The second-order valence-electron chi connectivity index (χ2n) is 6.09. The maximum atomic E-state index is 13.3. The smallest absolute Gasteiger partial charge is 0.181 e. The zero-order chi connectivity index (χ0) is 19.7. The van der Waals surface area contributed by atoms with Crippen LogP contribution in [-0.2, 0) is 15.4 Å². The fourth-order valence-electron chi connectivity index (χ4n) is 2.80. The number of rotatable bonds is 5. The van der Waals surface area contributed by atoms with Crippen molar-refractivity contribution in [1.82, 2.24) is 0 Å². The maximum Gasteiger partial charge on any atom is 0.181 e. The van der Waals surface area contributed by atoms with Crippen LogP contribution in [0.15, 0.2) is 82.2 Å². The molecule has 0 saturated heterocycles. The van der Waals surface area contributed by atoms with E-state index >= 15 is 0 Å². The lowest BCUT2D eigenvalue weighted by atomic mass is 9.88. The first-order chi connectivity index (χ1) is 12.7. The Labute approximate surface area is 164 Å². The molecule has 140 valence electrons. The Bertz CT molecular complexity index is 1000. The molecule has 1 N–H and O–H groups in total. The lowest BCUT2D eigenvalue weighted by Gasteiger charge is -2.29. The van der Waals surface area contributed by atoms with Crippen LogP contribution in [0.4, 0.5) is 8.78 Å². The summed E-state index contributed by atoms with van der Waals surface area (Å²) in [6, 6.07) is 15.9. The molecule has 0 aromatic heterocycles.